The molecule has 3 N–H and O–H groups in total. The molecule has 0 aromatic heterocycles. The van der Waals surface area contributed by atoms with E-state index in [0.29, 0.717) is 25.7 Å². The Balaban J connectivity index is 5.27. The highest BCUT2D eigenvalue weighted by Gasteiger charge is 2.30. The Morgan fingerprint density at radius 1 is 0.299 bits per heavy atom. The molecular formula is C88H168O17P2. The monoisotopic (exact) mass is 1560 g/mol. The minimum atomic E-state index is -4.97. The van der Waals surface area contributed by atoms with E-state index in [2.05, 4.69) is 58.9 Å². The lowest BCUT2D eigenvalue weighted by molar-refractivity contribution is -0.161. The molecule has 0 spiro atoms. The molecule has 0 fully saturated rings. The average molecular weight is 1560 g/mol. The fourth-order valence-electron chi connectivity index (χ4n) is 13.3. The summed E-state index contributed by atoms with van der Waals surface area (Å²) >= 11 is 0. The molecule has 0 radical (unpaired) electrons. The maximum atomic E-state index is 13.2. The molecule has 0 bridgehead atoms. The van der Waals surface area contributed by atoms with Crippen LogP contribution in [-0.4, -0.2) is 96.7 Å². The summed E-state index contributed by atoms with van der Waals surface area (Å²) in [6.45, 7) is 7.30. The van der Waals surface area contributed by atoms with Crippen molar-refractivity contribution in [2.45, 2.75) is 470 Å². The molecule has 0 saturated carbocycles. The van der Waals surface area contributed by atoms with Crippen LogP contribution >= 0.6 is 15.6 Å². The number of aliphatic hydroxyl groups excluding tert-OH is 1. The first-order valence-electron chi connectivity index (χ1n) is 45.0. The number of hydrogen-bond donors (Lipinski definition) is 3. The molecule has 0 aliphatic carbocycles. The largest absolute Gasteiger partial charge is 0.472 e. The third-order valence-electron chi connectivity index (χ3n) is 20.5. The third kappa shape index (κ3) is 80.0. The Morgan fingerprint density at radius 2 is 0.523 bits per heavy atom. The number of carbonyl (C=O) groups is 4. The third-order valence-corrected chi connectivity index (χ3v) is 22.4. The fraction of sp³-hybridized carbons (Fsp3) is 0.909. The van der Waals surface area contributed by atoms with Crippen molar-refractivity contribution >= 4 is 39.5 Å². The molecule has 17 nitrogen and oxygen atoms in total. The standard InChI is InChI=1S/C88H168O17P2/c1-6-10-13-16-19-22-25-28-31-33-35-37-39-42-44-47-50-56-61-66-71-85(90)98-77-83(104-87(92)74-69-64-59-52-49-46-43-40-38-36-34-32-29-26-23-20-17-14-11-7-2)79-102-106(94,95)100-75-82(89)76-101-107(96,97)103-80-84(78-99-86(91)72-67-62-57-54-53-55-60-65-70-81(5)9-4)105-88(93)73-68-63-58-51-48-45-41-30-27-24-21-18-15-12-8-3/h24,27,30,41,81-84,89H,6-23,25-26,28-29,31-40,42-80H2,1-5H3,(H,94,95)(H,96,97)/b27-24-,41-30-/t81?,82-,83-,84-/m1/s1. The maximum Gasteiger partial charge on any atom is 0.472 e. The van der Waals surface area contributed by atoms with Crippen LogP contribution in [0.25, 0.3) is 0 Å². The van der Waals surface area contributed by atoms with Gasteiger partial charge in [0.15, 0.2) is 12.2 Å². The van der Waals surface area contributed by atoms with Gasteiger partial charge in [-0.25, -0.2) is 9.13 Å². The van der Waals surface area contributed by atoms with Gasteiger partial charge >= 0.3 is 39.5 Å². The van der Waals surface area contributed by atoms with Crippen molar-refractivity contribution in [3.8, 4) is 0 Å². The van der Waals surface area contributed by atoms with Crippen molar-refractivity contribution in [2.75, 3.05) is 39.6 Å². The number of carbonyl (C=O) groups excluding carboxylic acids is 4. The van der Waals surface area contributed by atoms with Crippen molar-refractivity contribution in [1.29, 1.82) is 0 Å². The normalized spacial score (nSPS) is 14.1. The number of phosphoric ester groups is 2. The second-order valence-electron chi connectivity index (χ2n) is 31.2. The summed E-state index contributed by atoms with van der Waals surface area (Å²) in [5, 5.41) is 10.7. The number of unbranched alkanes of at least 4 members (excludes halogenated alkanes) is 54. The van der Waals surface area contributed by atoms with Crippen molar-refractivity contribution in [3.63, 3.8) is 0 Å². The first-order chi connectivity index (χ1) is 52.1. The number of rotatable bonds is 86. The van der Waals surface area contributed by atoms with Gasteiger partial charge in [-0.1, -0.05) is 399 Å². The summed E-state index contributed by atoms with van der Waals surface area (Å²) in [7, 11) is -9.94. The zero-order chi connectivity index (χ0) is 78.3. The smallest absolute Gasteiger partial charge is 0.462 e. The Kier molecular flexibility index (Phi) is 78.3. The Bertz CT molecular complexity index is 2130. The molecule has 107 heavy (non-hydrogen) atoms. The van der Waals surface area contributed by atoms with Crippen LogP contribution in [0, 0.1) is 5.92 Å². The first-order valence-corrected chi connectivity index (χ1v) is 48.0. The van der Waals surface area contributed by atoms with E-state index in [1.165, 1.54) is 263 Å². The summed E-state index contributed by atoms with van der Waals surface area (Å²) in [6, 6.07) is 0. The average Bonchev–Trinajstić information content (AvgIpc) is 0.897. The van der Waals surface area contributed by atoms with Gasteiger partial charge in [-0.2, -0.15) is 0 Å². The molecule has 632 valence electrons. The van der Waals surface area contributed by atoms with Crippen molar-refractivity contribution in [2.24, 2.45) is 5.92 Å². The lowest BCUT2D eigenvalue weighted by Gasteiger charge is -2.21. The van der Waals surface area contributed by atoms with Crippen LogP contribution < -0.4 is 0 Å². The van der Waals surface area contributed by atoms with Gasteiger partial charge in [-0.3, -0.25) is 37.3 Å². The second kappa shape index (κ2) is 80.2. The molecule has 0 saturated heterocycles. The molecule has 19 heteroatoms. The SMILES string of the molecule is CCCCCC/C=C\C=C/CCCCCCCC(=O)O[C@H](COC(=O)CCCCCCCCCCC(C)CC)COP(=O)(O)OC[C@H](O)COP(=O)(O)OC[C@@H](COC(=O)CCCCCCCCCCCCCCCCCCCCCC)OC(=O)CCCCCCCCCCCCCCCCCCCCCC. The topological polar surface area (TPSA) is 237 Å². The predicted octanol–water partition coefficient (Wildman–Crippen LogP) is 26.7. The van der Waals surface area contributed by atoms with E-state index in [0.717, 1.165) is 109 Å². The predicted molar refractivity (Wildman–Crippen MR) is 441 cm³/mol. The van der Waals surface area contributed by atoms with Crippen LogP contribution in [-0.2, 0) is 65.4 Å². The van der Waals surface area contributed by atoms with Gasteiger partial charge in [0.05, 0.1) is 26.4 Å². The zero-order valence-corrected chi connectivity index (χ0v) is 71.6. The van der Waals surface area contributed by atoms with E-state index in [-0.39, 0.29) is 25.7 Å². The molecule has 0 aliphatic heterocycles. The van der Waals surface area contributed by atoms with E-state index in [1.54, 1.807) is 0 Å². The van der Waals surface area contributed by atoms with E-state index < -0.39 is 97.5 Å². The molecule has 0 aromatic rings. The molecule has 0 amide bonds. The lowest BCUT2D eigenvalue weighted by Crippen LogP contribution is -2.30. The van der Waals surface area contributed by atoms with Gasteiger partial charge < -0.3 is 33.8 Å². The highest BCUT2D eigenvalue weighted by atomic mass is 31.2. The van der Waals surface area contributed by atoms with E-state index in [1.807, 2.05) is 0 Å². The van der Waals surface area contributed by atoms with Crippen LogP contribution in [0.15, 0.2) is 24.3 Å². The van der Waals surface area contributed by atoms with Crippen LogP contribution in [0.4, 0.5) is 0 Å². The van der Waals surface area contributed by atoms with E-state index in [4.69, 9.17) is 37.0 Å². The quantitative estimate of drug-likeness (QED) is 0.0169. The zero-order valence-electron chi connectivity index (χ0n) is 69.8. The number of allylic oxidation sites excluding steroid dienone is 4. The maximum absolute atomic E-state index is 13.2. The Hall–Kier alpha value is -2.46. The van der Waals surface area contributed by atoms with Crippen LogP contribution in [0.5, 0.6) is 0 Å². The summed E-state index contributed by atoms with van der Waals surface area (Å²) in [4.78, 5) is 73.3. The van der Waals surface area contributed by atoms with E-state index in [9.17, 15) is 43.2 Å². The molecule has 0 aliphatic rings. The number of phosphoric acid groups is 2. The summed E-state index contributed by atoms with van der Waals surface area (Å²) in [5.74, 6) is -1.35. The summed E-state index contributed by atoms with van der Waals surface area (Å²) in [5.41, 5.74) is 0. The highest BCUT2D eigenvalue weighted by Crippen LogP contribution is 2.45. The molecular weight excluding hydrogens is 1390 g/mol. The van der Waals surface area contributed by atoms with Crippen LogP contribution in [0.2, 0.25) is 0 Å². The molecule has 0 rings (SSSR count). The lowest BCUT2D eigenvalue weighted by atomic mass is 9.99. The van der Waals surface area contributed by atoms with Crippen LogP contribution in [0.3, 0.4) is 0 Å². The number of hydrogen-bond acceptors (Lipinski definition) is 15. The molecule has 0 heterocycles. The summed E-state index contributed by atoms with van der Waals surface area (Å²) < 4.78 is 68.9. The van der Waals surface area contributed by atoms with E-state index >= 15 is 0 Å². The van der Waals surface area contributed by atoms with Gasteiger partial charge in [-0.15, -0.1) is 0 Å². The molecule has 0 aromatic carbocycles. The van der Waals surface area contributed by atoms with Gasteiger partial charge in [-0.05, 0) is 57.3 Å². The van der Waals surface area contributed by atoms with Crippen molar-refractivity contribution in [1.82, 2.24) is 0 Å². The second-order valence-corrected chi connectivity index (χ2v) is 34.1. The minimum absolute atomic E-state index is 0.0851. The highest BCUT2D eigenvalue weighted by molar-refractivity contribution is 7.47. The Labute approximate surface area is 656 Å². The van der Waals surface area contributed by atoms with Crippen molar-refractivity contribution < 1.29 is 80.2 Å². The number of aliphatic hydroxyl groups is 1. The number of ether oxygens (including phenoxy) is 4. The minimum Gasteiger partial charge on any atom is -0.462 e. The number of esters is 4. The molecule has 6 atom stereocenters. The van der Waals surface area contributed by atoms with Gasteiger partial charge in [0.1, 0.15) is 19.3 Å². The van der Waals surface area contributed by atoms with Gasteiger partial charge in [0, 0.05) is 25.7 Å². The van der Waals surface area contributed by atoms with Gasteiger partial charge in [0.25, 0.3) is 0 Å². The first kappa shape index (κ1) is 105. The summed E-state index contributed by atoms with van der Waals surface area (Å²) in [6.07, 6.45) is 77.2. The van der Waals surface area contributed by atoms with Gasteiger partial charge in [0.2, 0.25) is 0 Å². The molecule has 3 unspecified atom stereocenters. The van der Waals surface area contributed by atoms with Crippen molar-refractivity contribution in [3.05, 3.63) is 24.3 Å². The fourth-order valence-corrected chi connectivity index (χ4v) is 14.8. The van der Waals surface area contributed by atoms with Crippen LogP contribution in [0.1, 0.15) is 452 Å². The Morgan fingerprint density at radius 3 is 0.794 bits per heavy atom.